The van der Waals surface area contributed by atoms with Gasteiger partial charge in [0.05, 0.1) is 13.1 Å². The number of hydrogen-bond acceptors (Lipinski definition) is 5. The van der Waals surface area contributed by atoms with E-state index in [1.807, 2.05) is 4.68 Å². The van der Waals surface area contributed by atoms with Crippen molar-refractivity contribution in [2.75, 3.05) is 19.6 Å². The number of piperidine rings is 1. The zero-order valence-electron chi connectivity index (χ0n) is 13.2. The summed E-state index contributed by atoms with van der Waals surface area (Å²) >= 11 is 1.69. The molecule has 1 aliphatic heterocycles. The number of nitrogens with one attached hydrogen (secondary N) is 1. The van der Waals surface area contributed by atoms with Crippen molar-refractivity contribution >= 4 is 17.2 Å². The molecule has 3 heterocycles. The molecular weight excluding hydrogens is 310 g/mol. The van der Waals surface area contributed by atoms with Crippen molar-refractivity contribution in [3.63, 3.8) is 0 Å². The number of carbonyl (C=O) groups excluding carboxylic acids is 1. The van der Waals surface area contributed by atoms with Gasteiger partial charge in [-0.15, -0.1) is 0 Å². The molecule has 1 unspecified atom stereocenters. The highest BCUT2D eigenvalue weighted by molar-refractivity contribution is 7.07. The van der Waals surface area contributed by atoms with Crippen molar-refractivity contribution < 1.29 is 4.79 Å². The number of nitrogens with zero attached hydrogens (tertiary/aromatic N) is 4. The lowest BCUT2D eigenvalue weighted by molar-refractivity contribution is -0.123. The van der Waals surface area contributed by atoms with Crippen molar-refractivity contribution in [3.8, 4) is 0 Å². The largest absolute Gasteiger partial charge is 0.355 e. The van der Waals surface area contributed by atoms with Crippen LogP contribution in [0.4, 0.5) is 0 Å². The van der Waals surface area contributed by atoms with Gasteiger partial charge in [-0.2, -0.15) is 16.4 Å². The highest BCUT2D eigenvalue weighted by Crippen LogP contribution is 2.17. The predicted molar refractivity (Wildman–Crippen MR) is 90.3 cm³/mol. The maximum atomic E-state index is 12.2. The number of carbonyl (C=O) groups is 1. The van der Waals surface area contributed by atoms with Crippen LogP contribution in [0.1, 0.15) is 24.8 Å². The molecule has 0 aromatic carbocycles. The third-order valence-electron chi connectivity index (χ3n) is 4.28. The number of thiophene rings is 1. The minimum Gasteiger partial charge on any atom is -0.355 e. The standard InChI is InChI=1S/C16H23N5OS/c22-16(18-6-4-14-5-8-23-11-14)10-20-7-2-1-3-15(20)9-21-13-17-12-19-21/h5,8,11-13,15H,1-4,6-7,9-10H2,(H,18,22). The molecule has 1 atom stereocenters. The minimum atomic E-state index is 0.116. The van der Waals surface area contributed by atoms with E-state index in [1.165, 1.54) is 12.0 Å². The van der Waals surface area contributed by atoms with E-state index in [0.29, 0.717) is 19.1 Å². The van der Waals surface area contributed by atoms with Gasteiger partial charge in [0, 0.05) is 12.6 Å². The van der Waals surface area contributed by atoms with Gasteiger partial charge in [0.2, 0.25) is 5.91 Å². The molecule has 0 radical (unpaired) electrons. The van der Waals surface area contributed by atoms with Crippen molar-refractivity contribution in [3.05, 3.63) is 35.0 Å². The third-order valence-corrected chi connectivity index (χ3v) is 5.01. The molecule has 0 saturated carbocycles. The number of rotatable bonds is 7. The normalized spacial score (nSPS) is 18.9. The van der Waals surface area contributed by atoms with Crippen LogP contribution in [0.15, 0.2) is 29.5 Å². The Morgan fingerprint density at radius 3 is 3.17 bits per heavy atom. The highest BCUT2D eigenvalue weighted by Gasteiger charge is 2.24. The van der Waals surface area contributed by atoms with Gasteiger partial charge >= 0.3 is 0 Å². The van der Waals surface area contributed by atoms with E-state index in [2.05, 4.69) is 37.1 Å². The molecule has 23 heavy (non-hydrogen) atoms. The monoisotopic (exact) mass is 333 g/mol. The Hall–Kier alpha value is -1.73. The summed E-state index contributed by atoms with van der Waals surface area (Å²) in [5, 5.41) is 11.4. The van der Waals surface area contributed by atoms with Crippen molar-refractivity contribution in [1.82, 2.24) is 25.0 Å². The van der Waals surface area contributed by atoms with Gasteiger partial charge in [-0.25, -0.2) is 4.98 Å². The minimum absolute atomic E-state index is 0.116. The van der Waals surface area contributed by atoms with Crippen LogP contribution in [0.2, 0.25) is 0 Å². The second kappa shape index (κ2) is 8.21. The average molecular weight is 333 g/mol. The summed E-state index contributed by atoms with van der Waals surface area (Å²) in [6, 6.07) is 2.48. The quantitative estimate of drug-likeness (QED) is 0.835. The molecule has 0 aliphatic carbocycles. The van der Waals surface area contributed by atoms with E-state index in [0.717, 1.165) is 32.4 Å². The number of aromatic nitrogens is 3. The van der Waals surface area contributed by atoms with Crippen LogP contribution >= 0.6 is 11.3 Å². The van der Waals surface area contributed by atoms with Crippen LogP contribution in [-0.4, -0.2) is 51.2 Å². The van der Waals surface area contributed by atoms with Gasteiger partial charge in [-0.3, -0.25) is 14.4 Å². The maximum absolute atomic E-state index is 12.2. The van der Waals surface area contributed by atoms with E-state index in [-0.39, 0.29) is 5.91 Å². The molecule has 6 nitrogen and oxygen atoms in total. The molecule has 1 aliphatic rings. The van der Waals surface area contributed by atoms with E-state index >= 15 is 0 Å². The summed E-state index contributed by atoms with van der Waals surface area (Å²) in [5.41, 5.74) is 1.29. The molecule has 7 heteroatoms. The van der Waals surface area contributed by atoms with Crippen molar-refractivity contribution in [2.45, 2.75) is 38.3 Å². The lowest BCUT2D eigenvalue weighted by atomic mass is 10.0. The lowest BCUT2D eigenvalue weighted by Gasteiger charge is -2.35. The molecule has 3 rings (SSSR count). The number of hydrogen-bond donors (Lipinski definition) is 1. The molecule has 1 fully saturated rings. The molecule has 0 spiro atoms. The Morgan fingerprint density at radius 2 is 2.39 bits per heavy atom. The fourth-order valence-electron chi connectivity index (χ4n) is 3.04. The maximum Gasteiger partial charge on any atom is 0.234 e. The summed E-state index contributed by atoms with van der Waals surface area (Å²) in [6.45, 7) is 2.97. The predicted octanol–water partition coefficient (Wildman–Crippen LogP) is 1.55. The first-order chi connectivity index (χ1) is 11.3. The van der Waals surface area contributed by atoms with Crippen LogP contribution in [0.25, 0.3) is 0 Å². The van der Waals surface area contributed by atoms with Gasteiger partial charge in [-0.05, 0) is 48.2 Å². The molecule has 0 bridgehead atoms. The lowest BCUT2D eigenvalue weighted by Crippen LogP contribution is -2.47. The first kappa shape index (κ1) is 16.1. The third kappa shape index (κ3) is 4.87. The Bertz CT molecular complexity index is 584. The fourth-order valence-corrected chi connectivity index (χ4v) is 3.74. The molecule has 1 amide bonds. The second-order valence-corrected chi connectivity index (χ2v) is 6.75. The summed E-state index contributed by atoms with van der Waals surface area (Å²) in [7, 11) is 0. The van der Waals surface area contributed by atoms with Gasteiger partial charge in [0.25, 0.3) is 0 Å². The Balaban J connectivity index is 1.45. The van der Waals surface area contributed by atoms with Crippen LogP contribution in [-0.2, 0) is 17.8 Å². The van der Waals surface area contributed by atoms with Gasteiger partial charge in [0.1, 0.15) is 12.7 Å². The van der Waals surface area contributed by atoms with Gasteiger partial charge in [0.15, 0.2) is 0 Å². The second-order valence-electron chi connectivity index (χ2n) is 5.97. The van der Waals surface area contributed by atoms with Crippen LogP contribution in [0, 0.1) is 0 Å². The Kier molecular flexibility index (Phi) is 5.76. The first-order valence-electron chi connectivity index (χ1n) is 8.15. The van der Waals surface area contributed by atoms with Crippen LogP contribution in [0.5, 0.6) is 0 Å². The molecule has 2 aromatic rings. The SMILES string of the molecule is O=C(CN1CCCCC1Cn1cncn1)NCCc1ccsc1. The van der Waals surface area contributed by atoms with Crippen LogP contribution < -0.4 is 5.32 Å². The summed E-state index contributed by atoms with van der Waals surface area (Å²) in [6.07, 6.45) is 7.70. The molecular formula is C16H23N5OS. The smallest absolute Gasteiger partial charge is 0.234 e. The first-order valence-corrected chi connectivity index (χ1v) is 9.10. The average Bonchev–Trinajstić information content (AvgIpc) is 3.23. The van der Waals surface area contributed by atoms with E-state index in [9.17, 15) is 4.79 Å². The van der Waals surface area contributed by atoms with E-state index in [1.54, 1.807) is 24.0 Å². The van der Waals surface area contributed by atoms with Crippen molar-refractivity contribution in [2.24, 2.45) is 0 Å². The van der Waals surface area contributed by atoms with Gasteiger partial charge in [-0.1, -0.05) is 6.42 Å². The number of likely N-dealkylation sites (tertiary alicyclic amines) is 1. The summed E-state index contributed by atoms with van der Waals surface area (Å²) in [5.74, 6) is 0.116. The fraction of sp³-hybridized carbons (Fsp3) is 0.562. The molecule has 1 N–H and O–H groups in total. The van der Waals surface area contributed by atoms with E-state index in [4.69, 9.17) is 0 Å². The Labute approximate surface area is 140 Å². The number of amides is 1. The van der Waals surface area contributed by atoms with E-state index < -0.39 is 0 Å². The summed E-state index contributed by atoms with van der Waals surface area (Å²) in [4.78, 5) is 18.5. The Morgan fingerprint density at radius 1 is 1.43 bits per heavy atom. The topological polar surface area (TPSA) is 63.1 Å². The molecule has 1 saturated heterocycles. The molecule has 2 aromatic heterocycles. The molecule has 124 valence electrons. The highest BCUT2D eigenvalue weighted by atomic mass is 32.1. The van der Waals surface area contributed by atoms with Crippen LogP contribution in [0.3, 0.4) is 0 Å². The summed E-state index contributed by atoms with van der Waals surface area (Å²) < 4.78 is 1.86. The zero-order chi connectivity index (χ0) is 15.9. The van der Waals surface area contributed by atoms with Crippen molar-refractivity contribution in [1.29, 1.82) is 0 Å². The zero-order valence-corrected chi connectivity index (χ0v) is 14.0. The van der Waals surface area contributed by atoms with Gasteiger partial charge < -0.3 is 5.32 Å².